The number of nitrogens with zero attached hydrogens (tertiary/aromatic N) is 2. The van der Waals surface area contributed by atoms with E-state index in [1.54, 1.807) is 7.11 Å². The molecular formula is C13H13Br2N3O. The summed E-state index contributed by atoms with van der Waals surface area (Å²) in [6, 6.07) is 4.51. The van der Waals surface area contributed by atoms with Gasteiger partial charge in [0.25, 0.3) is 0 Å². The van der Waals surface area contributed by atoms with Crippen LogP contribution in [0.3, 0.4) is 0 Å². The van der Waals surface area contributed by atoms with Crippen LogP contribution in [0.2, 0.25) is 0 Å². The maximum Gasteiger partial charge on any atom is 0.207 e. The van der Waals surface area contributed by atoms with Crippen molar-refractivity contribution >= 4 is 43.5 Å². The number of ether oxygens (including phenoxy) is 1. The molecule has 1 fully saturated rings. The van der Waals surface area contributed by atoms with Gasteiger partial charge in [0, 0.05) is 29.0 Å². The molecule has 1 aromatic heterocycles. The van der Waals surface area contributed by atoms with E-state index in [1.807, 2.05) is 24.5 Å². The van der Waals surface area contributed by atoms with E-state index in [-0.39, 0.29) is 0 Å². The van der Waals surface area contributed by atoms with Crippen LogP contribution >= 0.6 is 31.9 Å². The van der Waals surface area contributed by atoms with Crippen LogP contribution in [0, 0.1) is 0 Å². The van der Waals surface area contributed by atoms with Gasteiger partial charge in [-0.2, -0.15) is 0 Å². The largest absolute Gasteiger partial charge is 0.495 e. The molecule has 0 amide bonds. The number of methoxy groups -OCH3 is 1. The molecule has 1 heterocycles. The first-order chi connectivity index (χ1) is 9.19. The first-order valence-corrected chi connectivity index (χ1v) is 7.60. The lowest BCUT2D eigenvalue weighted by atomic mass is 10.3. The average molecular weight is 387 g/mol. The third-order valence-electron chi connectivity index (χ3n) is 3.10. The van der Waals surface area contributed by atoms with E-state index < -0.39 is 0 Å². The lowest BCUT2D eigenvalue weighted by Gasteiger charge is -2.12. The molecule has 1 aliphatic carbocycles. The van der Waals surface area contributed by atoms with Crippen LogP contribution in [0.15, 0.2) is 33.5 Å². The second-order valence-electron chi connectivity index (χ2n) is 4.48. The van der Waals surface area contributed by atoms with Gasteiger partial charge in [-0.3, -0.25) is 0 Å². The number of nitrogens with one attached hydrogen (secondary N) is 1. The van der Waals surface area contributed by atoms with Crippen LogP contribution in [0.5, 0.6) is 5.75 Å². The van der Waals surface area contributed by atoms with Gasteiger partial charge in [0.1, 0.15) is 5.75 Å². The molecule has 19 heavy (non-hydrogen) atoms. The highest BCUT2D eigenvalue weighted by molar-refractivity contribution is 9.11. The summed E-state index contributed by atoms with van der Waals surface area (Å²) in [5.74, 6) is 1.66. The zero-order valence-corrected chi connectivity index (χ0v) is 13.5. The zero-order chi connectivity index (χ0) is 13.4. The maximum absolute atomic E-state index is 5.31. The van der Waals surface area contributed by atoms with E-state index in [1.165, 1.54) is 12.8 Å². The average Bonchev–Trinajstić information content (AvgIpc) is 3.13. The Hall–Kier alpha value is -1.01. The number of aromatic nitrogens is 2. The first-order valence-electron chi connectivity index (χ1n) is 6.02. The van der Waals surface area contributed by atoms with E-state index in [4.69, 9.17) is 4.74 Å². The fourth-order valence-electron chi connectivity index (χ4n) is 1.96. The summed E-state index contributed by atoms with van der Waals surface area (Å²) >= 11 is 7.01. The van der Waals surface area contributed by atoms with Crippen molar-refractivity contribution in [2.75, 3.05) is 12.4 Å². The van der Waals surface area contributed by atoms with Gasteiger partial charge in [-0.1, -0.05) is 0 Å². The van der Waals surface area contributed by atoms with Crippen molar-refractivity contribution in [3.63, 3.8) is 0 Å². The van der Waals surface area contributed by atoms with Crippen LogP contribution in [-0.4, -0.2) is 16.7 Å². The molecule has 4 nitrogen and oxygen atoms in total. The maximum atomic E-state index is 5.31. The smallest absolute Gasteiger partial charge is 0.207 e. The molecule has 2 aromatic rings. The molecule has 1 N–H and O–H groups in total. The standard InChI is InChI=1S/C13H13Br2N3O/c1-19-12-7-11(9(14)6-10(12)15)17-13-16-4-5-18(13)8-2-3-8/h4-8H,2-3H2,1H3,(H,16,17). The van der Waals surface area contributed by atoms with Crippen molar-refractivity contribution in [2.45, 2.75) is 18.9 Å². The van der Waals surface area contributed by atoms with Crippen molar-refractivity contribution in [2.24, 2.45) is 0 Å². The van der Waals surface area contributed by atoms with Gasteiger partial charge in [-0.25, -0.2) is 4.98 Å². The number of anilines is 2. The van der Waals surface area contributed by atoms with E-state index >= 15 is 0 Å². The highest BCUT2D eigenvalue weighted by Crippen LogP contribution is 2.39. The summed E-state index contributed by atoms with van der Waals surface area (Å²) in [4.78, 5) is 4.37. The van der Waals surface area contributed by atoms with Crippen LogP contribution in [0.4, 0.5) is 11.6 Å². The highest BCUT2D eigenvalue weighted by atomic mass is 79.9. The fourth-order valence-corrected chi connectivity index (χ4v) is 3.21. The molecule has 6 heteroatoms. The predicted octanol–water partition coefficient (Wildman–Crippen LogP) is 4.50. The molecule has 0 radical (unpaired) electrons. The Morgan fingerprint density at radius 2 is 2.11 bits per heavy atom. The molecule has 0 bridgehead atoms. The summed E-state index contributed by atoms with van der Waals surface area (Å²) in [5.41, 5.74) is 0.938. The Morgan fingerprint density at radius 1 is 1.32 bits per heavy atom. The molecule has 3 rings (SSSR count). The van der Waals surface area contributed by atoms with Crippen molar-refractivity contribution in [3.05, 3.63) is 33.5 Å². The van der Waals surface area contributed by atoms with Crippen LogP contribution in [0.1, 0.15) is 18.9 Å². The third-order valence-corrected chi connectivity index (χ3v) is 4.37. The predicted molar refractivity (Wildman–Crippen MR) is 82.2 cm³/mol. The SMILES string of the molecule is COc1cc(Nc2nccn2C2CC2)c(Br)cc1Br. The highest BCUT2D eigenvalue weighted by Gasteiger charge is 2.25. The molecule has 100 valence electrons. The minimum absolute atomic E-state index is 0.598. The quantitative estimate of drug-likeness (QED) is 0.840. The number of hydrogen-bond acceptors (Lipinski definition) is 3. The van der Waals surface area contributed by atoms with Gasteiger partial charge in [-0.05, 0) is 50.8 Å². The Bertz CT molecular complexity index is 608. The monoisotopic (exact) mass is 385 g/mol. The molecule has 0 aliphatic heterocycles. The van der Waals surface area contributed by atoms with Gasteiger partial charge in [-0.15, -0.1) is 0 Å². The molecule has 1 saturated carbocycles. The molecule has 1 aromatic carbocycles. The normalized spacial score (nSPS) is 14.5. The summed E-state index contributed by atoms with van der Waals surface area (Å²) in [6.45, 7) is 0. The molecule has 0 unspecified atom stereocenters. The summed E-state index contributed by atoms with van der Waals surface area (Å²) < 4.78 is 9.37. The van der Waals surface area contributed by atoms with Gasteiger partial charge < -0.3 is 14.6 Å². The number of rotatable bonds is 4. The van der Waals surface area contributed by atoms with Crippen LogP contribution in [0.25, 0.3) is 0 Å². The second kappa shape index (κ2) is 5.17. The van der Waals surface area contributed by atoms with E-state index in [0.717, 1.165) is 26.3 Å². The van der Waals surface area contributed by atoms with Gasteiger partial charge in [0.2, 0.25) is 5.95 Å². The Morgan fingerprint density at radius 3 is 2.79 bits per heavy atom. The minimum Gasteiger partial charge on any atom is -0.495 e. The summed E-state index contributed by atoms with van der Waals surface area (Å²) in [7, 11) is 1.66. The molecule has 0 spiro atoms. The lowest BCUT2D eigenvalue weighted by Crippen LogP contribution is -2.02. The van der Waals surface area contributed by atoms with Crippen molar-refractivity contribution in [3.8, 4) is 5.75 Å². The Kier molecular flexibility index (Phi) is 3.54. The van der Waals surface area contributed by atoms with E-state index in [0.29, 0.717) is 6.04 Å². The van der Waals surface area contributed by atoms with Crippen molar-refractivity contribution in [1.29, 1.82) is 0 Å². The third kappa shape index (κ3) is 2.65. The number of halogens is 2. The van der Waals surface area contributed by atoms with Crippen molar-refractivity contribution in [1.82, 2.24) is 9.55 Å². The molecule has 0 atom stereocenters. The van der Waals surface area contributed by atoms with Gasteiger partial charge in [0.05, 0.1) is 17.3 Å². The zero-order valence-electron chi connectivity index (χ0n) is 10.4. The number of imidazole rings is 1. The van der Waals surface area contributed by atoms with E-state index in [9.17, 15) is 0 Å². The van der Waals surface area contributed by atoms with Crippen molar-refractivity contribution < 1.29 is 4.74 Å². The first kappa shape index (κ1) is 13.0. The van der Waals surface area contributed by atoms with Crippen LogP contribution < -0.4 is 10.1 Å². The van der Waals surface area contributed by atoms with Crippen LogP contribution in [-0.2, 0) is 0 Å². The summed E-state index contributed by atoms with van der Waals surface area (Å²) in [6.07, 6.45) is 6.31. The minimum atomic E-state index is 0.598. The molecule has 0 saturated heterocycles. The number of hydrogen-bond donors (Lipinski definition) is 1. The number of benzene rings is 1. The van der Waals surface area contributed by atoms with E-state index in [2.05, 4.69) is 46.7 Å². The van der Waals surface area contributed by atoms with Gasteiger partial charge >= 0.3 is 0 Å². The van der Waals surface area contributed by atoms with Gasteiger partial charge in [0.15, 0.2) is 0 Å². The fraction of sp³-hybridized carbons (Fsp3) is 0.308. The molecular weight excluding hydrogens is 374 g/mol. The second-order valence-corrected chi connectivity index (χ2v) is 6.19. The lowest BCUT2D eigenvalue weighted by molar-refractivity contribution is 0.412. The Balaban J connectivity index is 1.92. The molecule has 1 aliphatic rings. The summed E-state index contributed by atoms with van der Waals surface area (Å²) in [5, 5.41) is 3.35. The Labute approximate surface area is 128 Å². The topological polar surface area (TPSA) is 39.1 Å².